The van der Waals surface area contributed by atoms with Crippen molar-refractivity contribution < 1.29 is 17.9 Å². The molecule has 0 aliphatic rings. The summed E-state index contributed by atoms with van der Waals surface area (Å²) in [5.41, 5.74) is 2.22. The lowest BCUT2D eigenvalue weighted by atomic mass is 10.3. The van der Waals surface area contributed by atoms with Crippen LogP contribution < -0.4 is 11.3 Å². The lowest BCUT2D eigenvalue weighted by molar-refractivity contribution is -0.140. The third kappa shape index (κ3) is 7.33. The molecule has 3 N–H and O–H groups in total. The highest BCUT2D eigenvalue weighted by molar-refractivity contribution is 5.79. The van der Waals surface area contributed by atoms with Gasteiger partial charge in [0.2, 0.25) is 5.96 Å². The van der Waals surface area contributed by atoms with Gasteiger partial charge in [0.15, 0.2) is 0 Å². The van der Waals surface area contributed by atoms with Crippen LogP contribution >= 0.6 is 0 Å². The molecule has 0 aromatic rings. The number of rotatable bonds is 6. The van der Waals surface area contributed by atoms with Crippen LogP contribution in [-0.4, -0.2) is 49.9 Å². The third-order valence-electron chi connectivity index (χ3n) is 2.14. The number of guanidine groups is 1. The average Bonchev–Trinajstić information content (AvgIpc) is 2.25. The average molecular weight is 270 g/mol. The molecule has 0 rings (SSSR count). The zero-order valence-electron chi connectivity index (χ0n) is 10.9. The number of alkyl halides is 3. The van der Waals surface area contributed by atoms with Crippen molar-refractivity contribution in [2.24, 2.45) is 10.8 Å². The second-order valence-corrected chi connectivity index (χ2v) is 4.03. The number of hydrazine groups is 1. The molecule has 0 fully saturated rings. The van der Waals surface area contributed by atoms with Crippen LogP contribution in [0.4, 0.5) is 13.2 Å². The number of nitrogens with zero attached hydrogens (tertiary/aromatic N) is 2. The van der Waals surface area contributed by atoms with E-state index in [2.05, 4.69) is 10.4 Å². The summed E-state index contributed by atoms with van der Waals surface area (Å²) in [4.78, 5) is 5.09. The van der Waals surface area contributed by atoms with Gasteiger partial charge in [-0.05, 0) is 20.3 Å². The minimum absolute atomic E-state index is 0.0402. The van der Waals surface area contributed by atoms with E-state index in [0.717, 1.165) is 4.90 Å². The van der Waals surface area contributed by atoms with Gasteiger partial charge >= 0.3 is 6.18 Å². The normalized spacial score (nSPS) is 13.0. The summed E-state index contributed by atoms with van der Waals surface area (Å²) in [5.74, 6) is 5.26. The maximum Gasteiger partial charge on any atom is 0.406 e. The minimum Gasteiger partial charge on any atom is -0.385 e. The molecule has 0 bridgehead atoms. The molecular formula is C10H21F3N4O. The Morgan fingerprint density at radius 2 is 2.06 bits per heavy atom. The molecule has 0 saturated heterocycles. The van der Waals surface area contributed by atoms with Gasteiger partial charge in [0, 0.05) is 26.3 Å². The van der Waals surface area contributed by atoms with E-state index in [0.29, 0.717) is 19.6 Å². The maximum atomic E-state index is 12.4. The molecular weight excluding hydrogens is 249 g/mol. The van der Waals surface area contributed by atoms with Crippen molar-refractivity contribution in [1.82, 2.24) is 10.3 Å². The van der Waals surface area contributed by atoms with Gasteiger partial charge in [-0.25, -0.2) is 5.84 Å². The predicted octanol–water partition coefficient (Wildman–Crippen LogP) is 1.11. The molecule has 5 nitrogen and oxygen atoms in total. The first-order valence-electron chi connectivity index (χ1n) is 5.65. The molecule has 0 aliphatic carbocycles. The third-order valence-corrected chi connectivity index (χ3v) is 2.14. The molecule has 18 heavy (non-hydrogen) atoms. The first kappa shape index (κ1) is 17.0. The molecule has 0 aromatic carbocycles. The Labute approximate surface area is 105 Å². The molecule has 0 aromatic heterocycles. The lowest BCUT2D eigenvalue weighted by Gasteiger charge is -2.30. The Morgan fingerprint density at radius 1 is 1.44 bits per heavy atom. The lowest BCUT2D eigenvalue weighted by Crippen LogP contribution is -2.51. The number of aliphatic imine (C=N–C) groups is 1. The van der Waals surface area contributed by atoms with E-state index in [4.69, 9.17) is 10.6 Å². The highest BCUT2D eigenvalue weighted by Crippen LogP contribution is 2.18. The molecule has 108 valence electrons. The topological polar surface area (TPSA) is 62.9 Å². The number of nitrogens with one attached hydrogen (secondary N) is 1. The SMILES string of the molecule is COCCCN=C(NN)N(CC(F)(F)F)C(C)C. The first-order valence-corrected chi connectivity index (χ1v) is 5.65. The monoisotopic (exact) mass is 270 g/mol. The Morgan fingerprint density at radius 3 is 2.44 bits per heavy atom. The molecule has 0 aliphatic heterocycles. The van der Waals surface area contributed by atoms with Crippen LogP contribution in [-0.2, 0) is 4.74 Å². The summed E-state index contributed by atoms with van der Waals surface area (Å²) in [6.07, 6.45) is -3.67. The molecule has 0 atom stereocenters. The maximum absolute atomic E-state index is 12.4. The fraction of sp³-hybridized carbons (Fsp3) is 0.900. The molecule has 0 unspecified atom stereocenters. The number of halogens is 3. The molecule has 0 amide bonds. The van der Waals surface area contributed by atoms with Crippen molar-refractivity contribution in [2.45, 2.75) is 32.5 Å². The van der Waals surface area contributed by atoms with E-state index >= 15 is 0 Å². The largest absolute Gasteiger partial charge is 0.406 e. The summed E-state index contributed by atoms with van der Waals surface area (Å²) in [7, 11) is 1.55. The molecule has 0 radical (unpaired) electrons. The summed E-state index contributed by atoms with van der Waals surface area (Å²) >= 11 is 0. The number of ether oxygens (including phenoxy) is 1. The number of hydrogen-bond acceptors (Lipinski definition) is 3. The fourth-order valence-corrected chi connectivity index (χ4v) is 1.31. The van der Waals surface area contributed by atoms with Crippen LogP contribution in [0.15, 0.2) is 4.99 Å². The number of nitrogens with two attached hydrogens (primary N) is 1. The van der Waals surface area contributed by atoms with Crippen LogP contribution in [0.5, 0.6) is 0 Å². The van der Waals surface area contributed by atoms with Crippen LogP contribution in [0.1, 0.15) is 20.3 Å². The molecule has 0 saturated carbocycles. The number of methoxy groups -OCH3 is 1. The second kappa shape index (κ2) is 8.15. The van der Waals surface area contributed by atoms with Crippen molar-refractivity contribution >= 4 is 5.96 Å². The Bertz CT molecular complexity index is 256. The highest BCUT2D eigenvalue weighted by Gasteiger charge is 2.33. The molecule has 8 heteroatoms. The van der Waals surface area contributed by atoms with Crippen LogP contribution in [0.3, 0.4) is 0 Å². The van der Waals surface area contributed by atoms with Gasteiger partial charge in [-0.1, -0.05) is 0 Å². The van der Waals surface area contributed by atoms with Gasteiger partial charge in [-0.3, -0.25) is 10.4 Å². The van der Waals surface area contributed by atoms with Crippen molar-refractivity contribution in [2.75, 3.05) is 26.8 Å². The smallest absolute Gasteiger partial charge is 0.385 e. The van der Waals surface area contributed by atoms with Crippen LogP contribution in [0.2, 0.25) is 0 Å². The Hall–Kier alpha value is -1.02. The van der Waals surface area contributed by atoms with Gasteiger partial charge in [-0.15, -0.1) is 0 Å². The first-order chi connectivity index (χ1) is 8.31. The summed E-state index contributed by atoms with van der Waals surface area (Å²) in [6.45, 7) is 3.07. The van der Waals surface area contributed by atoms with Gasteiger partial charge in [0.25, 0.3) is 0 Å². The van der Waals surface area contributed by atoms with Gasteiger partial charge in [0.05, 0.1) is 0 Å². The Balaban J connectivity index is 4.61. The van der Waals surface area contributed by atoms with Crippen LogP contribution in [0.25, 0.3) is 0 Å². The summed E-state index contributed by atoms with van der Waals surface area (Å²) in [5, 5.41) is 0. The van der Waals surface area contributed by atoms with E-state index in [1.807, 2.05) is 0 Å². The second-order valence-electron chi connectivity index (χ2n) is 4.03. The fourth-order valence-electron chi connectivity index (χ4n) is 1.31. The summed E-state index contributed by atoms with van der Waals surface area (Å²) in [6, 6.07) is -0.358. The standard InChI is InChI=1S/C10H21F3N4O/c1-8(2)17(7-10(11,12)13)9(16-14)15-5-4-6-18-3/h8H,4-7,14H2,1-3H3,(H,15,16). The number of hydrogen-bond donors (Lipinski definition) is 2. The van der Waals surface area contributed by atoms with Gasteiger partial charge in [0.1, 0.15) is 6.54 Å². The summed E-state index contributed by atoms with van der Waals surface area (Å²) < 4.78 is 42.1. The zero-order chi connectivity index (χ0) is 14.2. The minimum atomic E-state index is -4.30. The van der Waals surface area contributed by atoms with Crippen LogP contribution in [0, 0.1) is 0 Å². The predicted molar refractivity (Wildman–Crippen MR) is 64.0 cm³/mol. The van der Waals surface area contributed by atoms with E-state index in [-0.39, 0.29) is 12.0 Å². The Kier molecular flexibility index (Phi) is 7.69. The van der Waals surface area contributed by atoms with Gasteiger partial charge < -0.3 is 9.64 Å². The quantitative estimate of drug-likeness (QED) is 0.249. The van der Waals surface area contributed by atoms with Gasteiger partial charge in [-0.2, -0.15) is 13.2 Å². The zero-order valence-corrected chi connectivity index (χ0v) is 10.9. The van der Waals surface area contributed by atoms with E-state index < -0.39 is 12.7 Å². The molecule has 0 heterocycles. The van der Waals surface area contributed by atoms with E-state index in [9.17, 15) is 13.2 Å². The van der Waals surface area contributed by atoms with Crippen molar-refractivity contribution in [3.63, 3.8) is 0 Å². The van der Waals surface area contributed by atoms with Crippen molar-refractivity contribution in [3.8, 4) is 0 Å². The van der Waals surface area contributed by atoms with Crippen molar-refractivity contribution in [1.29, 1.82) is 0 Å². The molecule has 0 spiro atoms. The van der Waals surface area contributed by atoms with E-state index in [1.54, 1.807) is 21.0 Å². The van der Waals surface area contributed by atoms with E-state index in [1.165, 1.54) is 0 Å². The highest BCUT2D eigenvalue weighted by atomic mass is 19.4. The van der Waals surface area contributed by atoms with Crippen molar-refractivity contribution in [3.05, 3.63) is 0 Å².